The van der Waals surface area contributed by atoms with Crippen molar-refractivity contribution in [2.75, 3.05) is 26.3 Å². The van der Waals surface area contributed by atoms with Gasteiger partial charge in [-0.15, -0.1) is 0 Å². The molecule has 0 aromatic rings. The Balaban J connectivity index is 3.48. The first-order valence-electron chi connectivity index (χ1n) is 7.47. The number of unbranched alkanes of at least 4 members (excludes halogenated alkanes) is 2. The van der Waals surface area contributed by atoms with Crippen LogP contribution in [0.3, 0.4) is 0 Å². The molecule has 0 aliphatic heterocycles. The van der Waals surface area contributed by atoms with Gasteiger partial charge in [0.15, 0.2) is 0 Å². The highest BCUT2D eigenvalue weighted by atomic mass is 16.6. The van der Waals surface area contributed by atoms with Crippen LogP contribution in [0.15, 0.2) is 0 Å². The van der Waals surface area contributed by atoms with Gasteiger partial charge in [-0.3, -0.25) is 0 Å². The standard InChI is InChI=1S/C16H24N2O4/c1-3-17-15(19)21-13-11-9-7-5-6-8-10-12-14-22-16(20)18-4-2/h3-4,9-14H2,1-2H3,(H,17,19)(H,18,20). The number of nitrogens with one attached hydrogen (secondary N) is 2. The third kappa shape index (κ3) is 14.1. The highest BCUT2D eigenvalue weighted by Crippen LogP contribution is 1.90. The lowest BCUT2D eigenvalue weighted by Crippen LogP contribution is -2.23. The zero-order valence-electron chi connectivity index (χ0n) is 13.3. The van der Waals surface area contributed by atoms with Gasteiger partial charge in [-0.2, -0.15) is 0 Å². The number of carbonyl (C=O) groups excluding carboxylic acids is 2. The van der Waals surface area contributed by atoms with Crippen LogP contribution in [-0.4, -0.2) is 38.5 Å². The topological polar surface area (TPSA) is 76.7 Å². The summed E-state index contributed by atoms with van der Waals surface area (Å²) in [6.45, 7) is 5.48. The third-order valence-corrected chi connectivity index (χ3v) is 2.24. The molecule has 2 N–H and O–H groups in total. The van der Waals surface area contributed by atoms with Crippen molar-refractivity contribution in [3.05, 3.63) is 0 Å². The quantitative estimate of drug-likeness (QED) is 0.531. The summed E-state index contributed by atoms with van der Waals surface area (Å²) in [6.07, 6.45) is 1.84. The molecule has 0 aromatic heterocycles. The van der Waals surface area contributed by atoms with Crippen molar-refractivity contribution in [2.24, 2.45) is 0 Å². The molecule has 22 heavy (non-hydrogen) atoms. The average molecular weight is 308 g/mol. The second-order valence-corrected chi connectivity index (χ2v) is 4.14. The van der Waals surface area contributed by atoms with E-state index in [4.69, 9.17) is 9.47 Å². The summed E-state index contributed by atoms with van der Waals surface area (Å²) in [5.74, 6) is 11.2. The fourth-order valence-electron chi connectivity index (χ4n) is 1.25. The molecule has 0 saturated carbocycles. The van der Waals surface area contributed by atoms with Crippen LogP contribution in [0.25, 0.3) is 0 Å². The largest absolute Gasteiger partial charge is 0.450 e. The first-order chi connectivity index (χ1) is 10.7. The molecule has 0 saturated heterocycles. The molecule has 2 amide bonds. The molecular formula is C16H24N2O4. The molecule has 0 bridgehead atoms. The van der Waals surface area contributed by atoms with Crippen LogP contribution in [0.1, 0.15) is 39.5 Å². The second-order valence-electron chi connectivity index (χ2n) is 4.14. The second kappa shape index (κ2) is 15.1. The lowest BCUT2D eigenvalue weighted by molar-refractivity contribution is 0.145. The van der Waals surface area contributed by atoms with Gasteiger partial charge in [0.2, 0.25) is 0 Å². The number of hydrogen-bond acceptors (Lipinski definition) is 4. The van der Waals surface area contributed by atoms with Crippen molar-refractivity contribution in [1.29, 1.82) is 0 Å². The molecule has 0 spiro atoms. The van der Waals surface area contributed by atoms with Crippen LogP contribution >= 0.6 is 0 Å². The Morgan fingerprint density at radius 2 is 1.23 bits per heavy atom. The predicted octanol–water partition coefficient (Wildman–Crippen LogP) is 2.05. The number of rotatable bonds is 8. The van der Waals surface area contributed by atoms with Crippen LogP contribution in [-0.2, 0) is 9.47 Å². The Labute approximate surface area is 132 Å². The van der Waals surface area contributed by atoms with Gasteiger partial charge in [-0.05, 0) is 38.5 Å². The van der Waals surface area contributed by atoms with Gasteiger partial charge in [0, 0.05) is 25.9 Å². The highest BCUT2D eigenvalue weighted by Gasteiger charge is 1.97. The van der Waals surface area contributed by atoms with E-state index in [1.54, 1.807) is 0 Å². The Bertz CT molecular complexity index is 399. The van der Waals surface area contributed by atoms with E-state index in [0.717, 1.165) is 0 Å². The van der Waals surface area contributed by atoms with Gasteiger partial charge < -0.3 is 20.1 Å². The summed E-state index contributed by atoms with van der Waals surface area (Å²) < 4.78 is 9.78. The summed E-state index contributed by atoms with van der Waals surface area (Å²) in [5, 5.41) is 5.08. The van der Waals surface area contributed by atoms with Crippen molar-refractivity contribution < 1.29 is 19.1 Å². The van der Waals surface area contributed by atoms with Crippen molar-refractivity contribution in [3.8, 4) is 23.7 Å². The molecule has 6 nitrogen and oxygen atoms in total. The zero-order chi connectivity index (χ0) is 16.5. The molecule has 0 fully saturated rings. The molecule has 0 aromatic carbocycles. The minimum Gasteiger partial charge on any atom is -0.450 e. The lowest BCUT2D eigenvalue weighted by Gasteiger charge is -2.02. The van der Waals surface area contributed by atoms with Crippen molar-refractivity contribution >= 4 is 12.2 Å². The smallest absolute Gasteiger partial charge is 0.407 e. The molecule has 0 aliphatic rings. The number of ether oxygens (including phenoxy) is 2. The summed E-state index contributed by atoms with van der Waals surface area (Å²) >= 11 is 0. The third-order valence-electron chi connectivity index (χ3n) is 2.24. The average Bonchev–Trinajstić information content (AvgIpc) is 2.49. The maximum atomic E-state index is 11.0. The minimum absolute atomic E-state index is 0.352. The summed E-state index contributed by atoms with van der Waals surface area (Å²) in [7, 11) is 0. The van der Waals surface area contributed by atoms with Gasteiger partial charge in [0.05, 0.1) is 13.2 Å². The van der Waals surface area contributed by atoms with E-state index in [9.17, 15) is 9.59 Å². The molecule has 0 heterocycles. The SMILES string of the molecule is CCNC(=O)OCCCC#CC#CCCCOC(=O)NCC. The van der Waals surface area contributed by atoms with Gasteiger partial charge in [-0.1, -0.05) is 11.8 Å². The first kappa shape index (κ1) is 19.7. The monoisotopic (exact) mass is 308 g/mol. The van der Waals surface area contributed by atoms with Crippen LogP contribution in [0.2, 0.25) is 0 Å². The fourth-order valence-corrected chi connectivity index (χ4v) is 1.25. The summed E-state index contributed by atoms with van der Waals surface area (Å²) in [6, 6.07) is 0. The van der Waals surface area contributed by atoms with E-state index in [1.807, 2.05) is 13.8 Å². The zero-order valence-corrected chi connectivity index (χ0v) is 13.3. The fraction of sp³-hybridized carbons (Fsp3) is 0.625. The maximum Gasteiger partial charge on any atom is 0.407 e. The Morgan fingerprint density at radius 3 is 1.59 bits per heavy atom. The molecular weight excluding hydrogens is 284 g/mol. The van der Waals surface area contributed by atoms with E-state index in [0.29, 0.717) is 52.0 Å². The van der Waals surface area contributed by atoms with Gasteiger partial charge in [0.1, 0.15) is 0 Å². The number of hydrogen-bond donors (Lipinski definition) is 2. The molecule has 0 unspecified atom stereocenters. The molecule has 0 atom stereocenters. The van der Waals surface area contributed by atoms with E-state index in [-0.39, 0.29) is 0 Å². The van der Waals surface area contributed by atoms with Gasteiger partial charge >= 0.3 is 12.2 Å². The summed E-state index contributed by atoms with van der Waals surface area (Å²) in [5.41, 5.74) is 0. The van der Waals surface area contributed by atoms with Crippen molar-refractivity contribution in [3.63, 3.8) is 0 Å². The van der Waals surface area contributed by atoms with Crippen LogP contribution in [0.5, 0.6) is 0 Å². The predicted molar refractivity (Wildman–Crippen MR) is 84.1 cm³/mol. The molecule has 6 heteroatoms. The Morgan fingerprint density at radius 1 is 0.818 bits per heavy atom. The van der Waals surface area contributed by atoms with Crippen LogP contribution in [0, 0.1) is 23.7 Å². The lowest BCUT2D eigenvalue weighted by atomic mass is 10.3. The molecule has 0 radical (unpaired) electrons. The van der Waals surface area contributed by atoms with Gasteiger partial charge in [-0.25, -0.2) is 9.59 Å². The van der Waals surface area contributed by atoms with E-state index >= 15 is 0 Å². The van der Waals surface area contributed by atoms with Crippen molar-refractivity contribution in [1.82, 2.24) is 10.6 Å². The Hall–Kier alpha value is -2.34. The van der Waals surface area contributed by atoms with E-state index in [1.165, 1.54) is 0 Å². The first-order valence-corrected chi connectivity index (χ1v) is 7.47. The van der Waals surface area contributed by atoms with E-state index in [2.05, 4.69) is 34.3 Å². The Kier molecular flexibility index (Phi) is 13.5. The number of amides is 2. The number of alkyl carbamates (subject to hydrolysis) is 2. The normalized spacial score (nSPS) is 8.64. The van der Waals surface area contributed by atoms with Crippen LogP contribution < -0.4 is 10.6 Å². The molecule has 0 aliphatic carbocycles. The van der Waals surface area contributed by atoms with Gasteiger partial charge in [0.25, 0.3) is 0 Å². The summed E-state index contributed by atoms with van der Waals surface area (Å²) in [4.78, 5) is 21.9. The van der Waals surface area contributed by atoms with E-state index < -0.39 is 12.2 Å². The minimum atomic E-state index is -0.398. The maximum absolute atomic E-state index is 11.0. The highest BCUT2D eigenvalue weighted by molar-refractivity contribution is 5.67. The molecule has 0 rings (SSSR count). The van der Waals surface area contributed by atoms with Crippen molar-refractivity contribution in [2.45, 2.75) is 39.5 Å². The van der Waals surface area contributed by atoms with Crippen LogP contribution in [0.4, 0.5) is 9.59 Å². The number of carbonyl (C=O) groups is 2. The molecule has 122 valence electrons.